The molecule has 1 N–H and O–H groups in total. The maximum Gasteiger partial charge on any atom is 0.280 e. The number of nitrogens with one attached hydrogen (secondary N) is 1. The SMILES string of the molecule is Cc1cc(NS(=O)(=O)c2c(Cl)cnn2C)cnc1Br. The quantitative estimate of drug-likeness (QED) is 0.847. The van der Waals surface area contributed by atoms with Crippen LogP contribution in [0.25, 0.3) is 0 Å². The first-order chi connectivity index (χ1) is 8.81. The summed E-state index contributed by atoms with van der Waals surface area (Å²) in [6.07, 6.45) is 2.69. The van der Waals surface area contributed by atoms with Gasteiger partial charge in [0.25, 0.3) is 10.0 Å². The molecule has 19 heavy (non-hydrogen) atoms. The van der Waals surface area contributed by atoms with Gasteiger partial charge in [-0.2, -0.15) is 13.5 Å². The Morgan fingerprint density at radius 3 is 2.63 bits per heavy atom. The number of rotatable bonds is 3. The van der Waals surface area contributed by atoms with E-state index in [9.17, 15) is 8.42 Å². The van der Waals surface area contributed by atoms with E-state index >= 15 is 0 Å². The van der Waals surface area contributed by atoms with Crippen molar-refractivity contribution in [2.24, 2.45) is 7.05 Å². The number of halogens is 2. The number of pyridine rings is 1. The normalized spacial score (nSPS) is 11.6. The van der Waals surface area contributed by atoms with Gasteiger partial charge in [0.05, 0.1) is 23.1 Å². The molecule has 0 aliphatic carbocycles. The Kier molecular flexibility index (Phi) is 3.84. The van der Waals surface area contributed by atoms with Crippen molar-refractivity contribution in [1.82, 2.24) is 14.8 Å². The van der Waals surface area contributed by atoms with E-state index in [1.807, 2.05) is 6.92 Å². The van der Waals surface area contributed by atoms with Gasteiger partial charge in [-0.25, -0.2) is 4.98 Å². The third-order valence-electron chi connectivity index (χ3n) is 2.36. The van der Waals surface area contributed by atoms with Crippen LogP contribution in [0.1, 0.15) is 5.56 Å². The van der Waals surface area contributed by atoms with Gasteiger partial charge >= 0.3 is 0 Å². The minimum atomic E-state index is -3.80. The minimum absolute atomic E-state index is 0.0665. The lowest BCUT2D eigenvalue weighted by Gasteiger charge is -2.09. The number of anilines is 1. The predicted molar refractivity (Wildman–Crippen MR) is 75.7 cm³/mol. The molecule has 0 aliphatic heterocycles. The first-order valence-corrected chi connectivity index (χ1v) is 7.79. The number of aryl methyl sites for hydroxylation is 2. The lowest BCUT2D eigenvalue weighted by Crippen LogP contribution is -2.17. The van der Waals surface area contributed by atoms with Crippen molar-refractivity contribution in [2.75, 3.05) is 4.72 Å². The Morgan fingerprint density at radius 2 is 2.11 bits per heavy atom. The summed E-state index contributed by atoms with van der Waals surface area (Å²) in [4.78, 5) is 4.02. The average molecular weight is 366 g/mol. The fourth-order valence-corrected chi connectivity index (χ4v) is 3.43. The minimum Gasteiger partial charge on any atom is -0.277 e. The van der Waals surface area contributed by atoms with Gasteiger partial charge in [0.1, 0.15) is 4.60 Å². The van der Waals surface area contributed by atoms with E-state index in [0.717, 1.165) is 5.56 Å². The van der Waals surface area contributed by atoms with Crippen molar-refractivity contribution in [1.29, 1.82) is 0 Å². The summed E-state index contributed by atoms with van der Waals surface area (Å²) in [6.45, 7) is 1.81. The van der Waals surface area contributed by atoms with Crippen molar-refractivity contribution in [3.63, 3.8) is 0 Å². The molecular formula is C10H10BrClN4O2S. The maximum absolute atomic E-state index is 12.2. The lowest BCUT2D eigenvalue weighted by atomic mass is 10.3. The summed E-state index contributed by atoms with van der Waals surface area (Å²) in [5.74, 6) is 0. The molecule has 2 rings (SSSR count). The molecule has 2 heterocycles. The van der Waals surface area contributed by atoms with Crippen LogP contribution < -0.4 is 4.72 Å². The maximum atomic E-state index is 12.2. The summed E-state index contributed by atoms with van der Waals surface area (Å²) >= 11 is 9.07. The van der Waals surface area contributed by atoms with Gasteiger partial charge in [-0.15, -0.1) is 0 Å². The van der Waals surface area contributed by atoms with Crippen LogP contribution in [0.5, 0.6) is 0 Å². The number of hydrogen-bond donors (Lipinski definition) is 1. The molecule has 2 aromatic heterocycles. The van der Waals surface area contributed by atoms with Crippen LogP contribution in [0, 0.1) is 6.92 Å². The predicted octanol–water partition coefficient (Wildman–Crippen LogP) is 2.34. The molecular weight excluding hydrogens is 356 g/mol. The largest absolute Gasteiger partial charge is 0.280 e. The first-order valence-electron chi connectivity index (χ1n) is 5.14. The van der Waals surface area contributed by atoms with Crippen LogP contribution >= 0.6 is 27.5 Å². The van der Waals surface area contributed by atoms with Crippen LogP contribution in [0.15, 0.2) is 28.1 Å². The molecule has 0 radical (unpaired) electrons. The number of nitrogens with zero attached hydrogens (tertiary/aromatic N) is 3. The van der Waals surface area contributed by atoms with Crippen molar-refractivity contribution < 1.29 is 8.42 Å². The van der Waals surface area contributed by atoms with Crippen molar-refractivity contribution >= 4 is 43.2 Å². The van der Waals surface area contributed by atoms with Crippen LogP contribution in [0.2, 0.25) is 5.02 Å². The third-order valence-corrected chi connectivity index (χ3v) is 5.08. The summed E-state index contributed by atoms with van der Waals surface area (Å²) in [5.41, 5.74) is 1.18. The number of aromatic nitrogens is 3. The van der Waals surface area contributed by atoms with E-state index in [1.165, 1.54) is 24.1 Å². The molecule has 0 unspecified atom stereocenters. The average Bonchev–Trinajstić information content (AvgIpc) is 2.64. The molecule has 0 spiro atoms. The zero-order chi connectivity index (χ0) is 14.2. The highest BCUT2D eigenvalue weighted by Crippen LogP contribution is 2.24. The molecule has 6 nitrogen and oxygen atoms in total. The van der Waals surface area contributed by atoms with Gasteiger partial charge in [-0.1, -0.05) is 11.6 Å². The standard InChI is InChI=1S/C10H10BrClN4O2S/c1-6-3-7(4-13-9(6)11)15-19(17,18)10-8(12)5-14-16(10)2/h3-5,15H,1-2H3. The van der Waals surface area contributed by atoms with Crippen LogP contribution in [-0.2, 0) is 17.1 Å². The Morgan fingerprint density at radius 1 is 1.42 bits per heavy atom. The Balaban J connectivity index is 2.39. The Bertz CT molecular complexity index is 710. The summed E-state index contributed by atoms with van der Waals surface area (Å²) in [6, 6.07) is 1.67. The highest BCUT2D eigenvalue weighted by Gasteiger charge is 2.23. The molecule has 9 heteroatoms. The number of sulfonamides is 1. The lowest BCUT2D eigenvalue weighted by molar-refractivity contribution is 0.582. The van der Waals surface area contributed by atoms with Crippen LogP contribution in [0.3, 0.4) is 0 Å². The molecule has 0 aromatic carbocycles. The Labute approximate surface area is 124 Å². The van der Waals surface area contributed by atoms with E-state index in [-0.39, 0.29) is 10.0 Å². The second-order valence-electron chi connectivity index (χ2n) is 3.86. The molecule has 2 aromatic rings. The fraction of sp³-hybridized carbons (Fsp3) is 0.200. The molecule has 0 atom stereocenters. The van der Waals surface area contributed by atoms with E-state index in [0.29, 0.717) is 10.3 Å². The van der Waals surface area contributed by atoms with Gasteiger partial charge in [0.15, 0.2) is 5.03 Å². The summed E-state index contributed by atoms with van der Waals surface area (Å²) < 4.78 is 28.7. The fourth-order valence-electron chi connectivity index (χ4n) is 1.52. The first kappa shape index (κ1) is 14.3. The van der Waals surface area contributed by atoms with Crippen LogP contribution in [-0.4, -0.2) is 23.2 Å². The molecule has 102 valence electrons. The highest BCUT2D eigenvalue weighted by molar-refractivity contribution is 9.10. The van der Waals surface area contributed by atoms with Crippen molar-refractivity contribution in [3.05, 3.63) is 33.6 Å². The summed E-state index contributed by atoms with van der Waals surface area (Å²) in [7, 11) is -2.29. The highest BCUT2D eigenvalue weighted by atomic mass is 79.9. The zero-order valence-corrected chi connectivity index (χ0v) is 13.2. The topological polar surface area (TPSA) is 76.9 Å². The second-order valence-corrected chi connectivity index (χ2v) is 6.61. The molecule has 0 saturated carbocycles. The van der Waals surface area contributed by atoms with E-state index in [1.54, 1.807) is 6.07 Å². The molecule has 0 aliphatic rings. The van der Waals surface area contributed by atoms with Gasteiger partial charge in [0, 0.05) is 7.05 Å². The van der Waals surface area contributed by atoms with Crippen molar-refractivity contribution in [3.8, 4) is 0 Å². The molecule has 0 saturated heterocycles. The van der Waals surface area contributed by atoms with E-state index < -0.39 is 10.0 Å². The van der Waals surface area contributed by atoms with Gasteiger partial charge in [-0.05, 0) is 34.5 Å². The smallest absolute Gasteiger partial charge is 0.277 e. The van der Waals surface area contributed by atoms with E-state index in [4.69, 9.17) is 11.6 Å². The van der Waals surface area contributed by atoms with Crippen LogP contribution in [0.4, 0.5) is 5.69 Å². The second kappa shape index (κ2) is 5.10. The van der Waals surface area contributed by atoms with Crippen molar-refractivity contribution in [2.45, 2.75) is 11.9 Å². The monoisotopic (exact) mass is 364 g/mol. The zero-order valence-electron chi connectivity index (χ0n) is 10.1. The molecule has 0 bridgehead atoms. The van der Waals surface area contributed by atoms with Gasteiger partial charge in [-0.3, -0.25) is 9.40 Å². The number of hydrogen-bond acceptors (Lipinski definition) is 4. The molecule has 0 amide bonds. The summed E-state index contributed by atoms with van der Waals surface area (Å²) in [5, 5.41) is 3.78. The van der Waals surface area contributed by atoms with Gasteiger partial charge < -0.3 is 0 Å². The Hall–Kier alpha value is -1.12. The molecule has 0 fully saturated rings. The third kappa shape index (κ3) is 2.90. The van der Waals surface area contributed by atoms with Gasteiger partial charge in [0.2, 0.25) is 0 Å². The van der Waals surface area contributed by atoms with E-state index in [2.05, 4.69) is 30.7 Å².